The molecule has 2 aromatic rings. The van der Waals surface area contributed by atoms with Crippen LogP contribution in [0.1, 0.15) is 75.0 Å². The number of likely N-dealkylation sites (tertiary alicyclic amines) is 1. The molecule has 3 rings (SSSR count). The molecule has 0 spiro atoms. The van der Waals surface area contributed by atoms with Crippen LogP contribution in [0.25, 0.3) is 5.65 Å². The number of aryl methyl sites for hydroxylation is 2. The lowest BCUT2D eigenvalue weighted by Crippen LogP contribution is -2.30. The Morgan fingerprint density at radius 2 is 2.03 bits per heavy atom. The summed E-state index contributed by atoms with van der Waals surface area (Å²) in [6.45, 7) is 11.5. The van der Waals surface area contributed by atoms with Gasteiger partial charge in [-0.3, -0.25) is 9.59 Å². The van der Waals surface area contributed by atoms with Crippen LogP contribution in [0.5, 0.6) is 0 Å². The van der Waals surface area contributed by atoms with E-state index in [0.29, 0.717) is 19.3 Å². The molecule has 7 nitrogen and oxygen atoms in total. The highest BCUT2D eigenvalue weighted by atomic mass is 16.2. The Labute approximate surface area is 172 Å². The monoisotopic (exact) mass is 399 g/mol. The zero-order valence-corrected chi connectivity index (χ0v) is 18.3. The summed E-state index contributed by atoms with van der Waals surface area (Å²) in [4.78, 5) is 30.9. The van der Waals surface area contributed by atoms with Crippen LogP contribution in [0.4, 0.5) is 0 Å². The van der Waals surface area contributed by atoms with Gasteiger partial charge in [-0.05, 0) is 52.5 Å². The Morgan fingerprint density at radius 3 is 2.72 bits per heavy atom. The van der Waals surface area contributed by atoms with Gasteiger partial charge in [-0.25, -0.2) is 9.50 Å². The summed E-state index contributed by atoms with van der Waals surface area (Å²) in [5, 5.41) is 7.77. The summed E-state index contributed by atoms with van der Waals surface area (Å²) < 4.78 is 1.90. The lowest BCUT2D eigenvalue weighted by molar-refractivity contribution is -0.130. The van der Waals surface area contributed by atoms with Crippen LogP contribution in [0.2, 0.25) is 0 Å². The molecule has 0 bridgehead atoms. The molecule has 1 aliphatic rings. The molecule has 1 atom stereocenters. The van der Waals surface area contributed by atoms with E-state index in [4.69, 9.17) is 10.1 Å². The van der Waals surface area contributed by atoms with E-state index in [-0.39, 0.29) is 23.8 Å². The van der Waals surface area contributed by atoms with Crippen LogP contribution in [0, 0.1) is 13.8 Å². The summed E-state index contributed by atoms with van der Waals surface area (Å²) in [5.74, 6) is 0.561. The second-order valence-corrected chi connectivity index (χ2v) is 8.40. The molecular formula is C22H33N5O2. The Balaban J connectivity index is 1.77. The van der Waals surface area contributed by atoms with Gasteiger partial charge >= 0.3 is 0 Å². The van der Waals surface area contributed by atoms with Crippen molar-refractivity contribution in [1.29, 1.82) is 0 Å². The highest BCUT2D eigenvalue weighted by molar-refractivity contribution is 5.77. The minimum Gasteiger partial charge on any atom is -0.354 e. The van der Waals surface area contributed by atoms with Crippen LogP contribution < -0.4 is 5.32 Å². The van der Waals surface area contributed by atoms with Crippen molar-refractivity contribution in [1.82, 2.24) is 24.8 Å². The Kier molecular flexibility index (Phi) is 6.55. The van der Waals surface area contributed by atoms with Crippen molar-refractivity contribution in [3.05, 3.63) is 28.7 Å². The third-order valence-electron chi connectivity index (χ3n) is 5.66. The van der Waals surface area contributed by atoms with Gasteiger partial charge in [0.1, 0.15) is 0 Å². The maximum atomic E-state index is 12.2. The van der Waals surface area contributed by atoms with E-state index >= 15 is 0 Å². The fourth-order valence-electron chi connectivity index (χ4n) is 4.14. The first-order valence-electron chi connectivity index (χ1n) is 10.7. The van der Waals surface area contributed by atoms with Crippen molar-refractivity contribution in [2.45, 2.75) is 78.7 Å². The zero-order valence-electron chi connectivity index (χ0n) is 18.3. The minimum absolute atomic E-state index is 0.0582. The number of carbonyl (C=O) groups excluding carboxylic acids is 2. The number of nitrogens with one attached hydrogen (secondary N) is 1. The molecule has 0 radical (unpaired) electrons. The largest absolute Gasteiger partial charge is 0.354 e. The second kappa shape index (κ2) is 8.93. The average molecular weight is 400 g/mol. The summed E-state index contributed by atoms with van der Waals surface area (Å²) in [6, 6.07) is 2.20. The fourth-order valence-corrected chi connectivity index (χ4v) is 4.14. The van der Waals surface area contributed by atoms with Gasteiger partial charge in [-0.2, -0.15) is 5.10 Å². The number of amides is 2. The summed E-state index contributed by atoms with van der Waals surface area (Å²) >= 11 is 0. The molecule has 7 heteroatoms. The van der Waals surface area contributed by atoms with E-state index in [1.54, 1.807) is 0 Å². The molecule has 2 aromatic heterocycles. The van der Waals surface area contributed by atoms with Gasteiger partial charge < -0.3 is 10.2 Å². The van der Waals surface area contributed by atoms with Gasteiger partial charge in [0.2, 0.25) is 11.8 Å². The molecule has 0 unspecified atom stereocenters. The van der Waals surface area contributed by atoms with E-state index < -0.39 is 0 Å². The lowest BCUT2D eigenvalue weighted by Gasteiger charge is -2.15. The van der Waals surface area contributed by atoms with E-state index in [2.05, 4.69) is 5.32 Å². The van der Waals surface area contributed by atoms with E-state index in [9.17, 15) is 9.59 Å². The van der Waals surface area contributed by atoms with Crippen LogP contribution in [-0.2, 0) is 16.0 Å². The number of rotatable bonds is 7. The highest BCUT2D eigenvalue weighted by Gasteiger charge is 2.29. The number of nitrogens with zero attached hydrogens (tertiary/aromatic N) is 4. The van der Waals surface area contributed by atoms with Gasteiger partial charge in [0.15, 0.2) is 5.65 Å². The first kappa shape index (κ1) is 21.3. The molecular weight excluding hydrogens is 366 g/mol. The molecule has 0 aromatic carbocycles. The number of fused-ring (bicyclic) bond motifs is 1. The third-order valence-corrected chi connectivity index (χ3v) is 5.66. The molecule has 158 valence electrons. The van der Waals surface area contributed by atoms with Crippen LogP contribution >= 0.6 is 0 Å². The van der Waals surface area contributed by atoms with Gasteiger partial charge in [-0.1, -0.05) is 6.92 Å². The summed E-state index contributed by atoms with van der Waals surface area (Å²) in [7, 11) is 0. The summed E-state index contributed by atoms with van der Waals surface area (Å²) in [5.41, 5.74) is 4.90. The van der Waals surface area contributed by atoms with Gasteiger partial charge in [0, 0.05) is 55.3 Å². The molecule has 1 saturated heterocycles. The predicted molar refractivity (Wildman–Crippen MR) is 113 cm³/mol. The van der Waals surface area contributed by atoms with Crippen molar-refractivity contribution in [3.63, 3.8) is 0 Å². The predicted octanol–water partition coefficient (Wildman–Crippen LogP) is 2.92. The van der Waals surface area contributed by atoms with Crippen LogP contribution in [0.15, 0.2) is 6.07 Å². The molecule has 1 N–H and O–H groups in total. The minimum atomic E-state index is 0.0582. The lowest BCUT2D eigenvalue weighted by atomic mass is 10.1. The van der Waals surface area contributed by atoms with Gasteiger partial charge in [-0.15, -0.1) is 0 Å². The molecule has 1 fully saturated rings. The number of aromatic nitrogens is 3. The Bertz CT molecular complexity index is 902. The fraction of sp³-hybridized carbons (Fsp3) is 0.636. The van der Waals surface area contributed by atoms with Crippen molar-refractivity contribution < 1.29 is 9.59 Å². The SMILES string of the molecule is CCCC(=O)N1CC[C@@H](c2cc3nc(C)c(CCC(=O)NC(C)C)c(C)n3n2)C1. The van der Waals surface area contributed by atoms with Crippen molar-refractivity contribution >= 4 is 17.5 Å². The highest BCUT2D eigenvalue weighted by Crippen LogP contribution is 2.28. The van der Waals surface area contributed by atoms with Crippen LogP contribution in [-0.4, -0.2) is 50.4 Å². The van der Waals surface area contributed by atoms with Crippen molar-refractivity contribution in [3.8, 4) is 0 Å². The van der Waals surface area contributed by atoms with Crippen LogP contribution in [0.3, 0.4) is 0 Å². The molecule has 0 saturated carbocycles. The average Bonchev–Trinajstić information content (AvgIpc) is 3.28. The quantitative estimate of drug-likeness (QED) is 0.776. The first-order valence-corrected chi connectivity index (χ1v) is 10.7. The Hall–Kier alpha value is -2.44. The maximum absolute atomic E-state index is 12.2. The molecule has 29 heavy (non-hydrogen) atoms. The van der Waals surface area contributed by atoms with Gasteiger partial charge in [0.05, 0.1) is 5.69 Å². The first-order chi connectivity index (χ1) is 13.8. The molecule has 2 amide bonds. The molecule has 1 aliphatic heterocycles. The van der Waals surface area contributed by atoms with Crippen molar-refractivity contribution in [2.24, 2.45) is 0 Å². The van der Waals surface area contributed by atoms with Gasteiger partial charge in [0.25, 0.3) is 0 Å². The number of hydrogen-bond donors (Lipinski definition) is 1. The zero-order chi connectivity index (χ0) is 21.1. The number of hydrogen-bond acceptors (Lipinski definition) is 4. The van der Waals surface area contributed by atoms with E-state index in [1.807, 2.05) is 50.1 Å². The smallest absolute Gasteiger partial charge is 0.222 e. The van der Waals surface area contributed by atoms with E-state index in [1.165, 1.54) is 0 Å². The standard InChI is InChI=1S/C22H33N5O2/c1-6-7-22(29)26-11-10-17(13-26)19-12-20-24-15(4)18(16(5)27(20)25-19)8-9-21(28)23-14(2)3/h12,14,17H,6-11,13H2,1-5H3,(H,23,28)/t17-/m1/s1. The molecule has 3 heterocycles. The normalized spacial score (nSPS) is 16.8. The molecule has 0 aliphatic carbocycles. The Morgan fingerprint density at radius 1 is 1.28 bits per heavy atom. The topological polar surface area (TPSA) is 79.6 Å². The van der Waals surface area contributed by atoms with Crippen molar-refractivity contribution in [2.75, 3.05) is 13.1 Å². The van der Waals surface area contributed by atoms with E-state index in [0.717, 1.165) is 54.2 Å². The second-order valence-electron chi connectivity index (χ2n) is 8.40. The summed E-state index contributed by atoms with van der Waals surface area (Å²) in [6.07, 6.45) is 3.54. The maximum Gasteiger partial charge on any atom is 0.222 e. The number of carbonyl (C=O) groups is 2. The third kappa shape index (κ3) is 4.77.